The summed E-state index contributed by atoms with van der Waals surface area (Å²) in [5, 5.41) is 3.74. The minimum atomic E-state index is -0.316. The van der Waals surface area contributed by atoms with Crippen LogP contribution in [0.15, 0.2) is 12.1 Å². The van der Waals surface area contributed by atoms with E-state index < -0.39 is 0 Å². The van der Waals surface area contributed by atoms with E-state index in [1.54, 1.807) is 19.1 Å². The van der Waals surface area contributed by atoms with E-state index in [0.717, 1.165) is 0 Å². The van der Waals surface area contributed by atoms with E-state index in [9.17, 15) is 4.79 Å². The van der Waals surface area contributed by atoms with Crippen molar-refractivity contribution in [1.29, 1.82) is 0 Å². The Balaban J connectivity index is 0.00000289. The Morgan fingerprint density at radius 2 is 2.11 bits per heavy atom. The van der Waals surface area contributed by atoms with Crippen LogP contribution >= 0.6 is 35.6 Å². The van der Waals surface area contributed by atoms with Gasteiger partial charge in [0.15, 0.2) is 0 Å². The van der Waals surface area contributed by atoms with Gasteiger partial charge in [-0.15, -0.1) is 12.4 Å². The molecule has 0 saturated heterocycles. The number of halogens is 3. The van der Waals surface area contributed by atoms with Crippen LogP contribution in [0, 0.1) is 0 Å². The maximum absolute atomic E-state index is 11.1. The first kappa shape index (κ1) is 17.3. The predicted molar refractivity (Wildman–Crippen MR) is 76.5 cm³/mol. The SMILES string of the molecule is CCOC(=O)CNCc1c(N)ccc(Cl)c1Cl.Cl. The van der Waals surface area contributed by atoms with Crippen LogP contribution in [0.2, 0.25) is 10.0 Å². The van der Waals surface area contributed by atoms with Crippen molar-refractivity contribution < 1.29 is 9.53 Å². The second-order valence-electron chi connectivity index (χ2n) is 3.34. The fourth-order valence-corrected chi connectivity index (χ4v) is 1.70. The minimum absolute atomic E-state index is 0. The van der Waals surface area contributed by atoms with E-state index in [2.05, 4.69) is 5.32 Å². The number of ether oxygens (including phenoxy) is 1. The summed E-state index contributed by atoms with van der Waals surface area (Å²) in [5.74, 6) is -0.316. The molecule has 0 saturated carbocycles. The van der Waals surface area contributed by atoms with Gasteiger partial charge < -0.3 is 15.8 Å². The van der Waals surface area contributed by atoms with Crippen molar-refractivity contribution in [2.24, 2.45) is 0 Å². The first-order chi connectivity index (χ1) is 8.06. The molecule has 102 valence electrons. The van der Waals surface area contributed by atoms with Gasteiger partial charge in [-0.1, -0.05) is 23.2 Å². The van der Waals surface area contributed by atoms with Gasteiger partial charge in [-0.3, -0.25) is 4.79 Å². The number of nitrogens with two attached hydrogens (primary N) is 1. The monoisotopic (exact) mass is 312 g/mol. The number of carbonyl (C=O) groups is 1. The molecular formula is C11H15Cl3N2O2. The maximum Gasteiger partial charge on any atom is 0.319 e. The van der Waals surface area contributed by atoms with Crippen LogP contribution < -0.4 is 11.1 Å². The lowest BCUT2D eigenvalue weighted by atomic mass is 10.2. The normalized spacial score (nSPS) is 9.72. The molecule has 18 heavy (non-hydrogen) atoms. The molecule has 0 aliphatic carbocycles. The largest absolute Gasteiger partial charge is 0.465 e. The number of nitrogen functional groups attached to an aromatic ring is 1. The summed E-state index contributed by atoms with van der Waals surface area (Å²) in [6.45, 7) is 2.59. The van der Waals surface area contributed by atoms with Crippen LogP contribution in [0.25, 0.3) is 0 Å². The maximum atomic E-state index is 11.1. The molecule has 0 aliphatic rings. The van der Waals surface area contributed by atoms with E-state index >= 15 is 0 Å². The van der Waals surface area contributed by atoms with Crippen LogP contribution in [0.5, 0.6) is 0 Å². The van der Waals surface area contributed by atoms with Gasteiger partial charge in [-0.05, 0) is 19.1 Å². The molecule has 1 aromatic carbocycles. The van der Waals surface area contributed by atoms with Gasteiger partial charge in [-0.2, -0.15) is 0 Å². The molecule has 0 unspecified atom stereocenters. The fourth-order valence-electron chi connectivity index (χ4n) is 1.29. The van der Waals surface area contributed by atoms with Crippen LogP contribution in [0.4, 0.5) is 5.69 Å². The number of benzene rings is 1. The Bertz CT molecular complexity index is 414. The Hall–Kier alpha value is -0.680. The fraction of sp³-hybridized carbons (Fsp3) is 0.364. The van der Waals surface area contributed by atoms with Crippen molar-refractivity contribution in [1.82, 2.24) is 5.32 Å². The van der Waals surface area contributed by atoms with Crippen molar-refractivity contribution in [3.63, 3.8) is 0 Å². The number of hydrogen-bond acceptors (Lipinski definition) is 4. The third kappa shape index (κ3) is 4.90. The number of rotatable bonds is 5. The highest BCUT2D eigenvalue weighted by atomic mass is 35.5. The topological polar surface area (TPSA) is 64.3 Å². The molecule has 1 aromatic rings. The van der Waals surface area contributed by atoms with Crippen LogP contribution in [0.1, 0.15) is 12.5 Å². The quantitative estimate of drug-likeness (QED) is 0.648. The van der Waals surface area contributed by atoms with Crippen LogP contribution in [0.3, 0.4) is 0 Å². The molecule has 4 nitrogen and oxygen atoms in total. The molecule has 3 N–H and O–H groups in total. The molecule has 7 heteroatoms. The summed E-state index contributed by atoms with van der Waals surface area (Å²) >= 11 is 11.9. The van der Waals surface area contributed by atoms with Crippen LogP contribution in [-0.4, -0.2) is 19.1 Å². The smallest absolute Gasteiger partial charge is 0.319 e. The van der Waals surface area contributed by atoms with Gasteiger partial charge in [0.1, 0.15) is 0 Å². The molecule has 0 spiro atoms. The average Bonchev–Trinajstić information content (AvgIpc) is 2.29. The van der Waals surface area contributed by atoms with Gasteiger partial charge in [0, 0.05) is 17.8 Å². The molecule has 0 bridgehead atoms. The summed E-state index contributed by atoms with van der Waals surface area (Å²) in [6, 6.07) is 3.31. The van der Waals surface area contributed by atoms with Crippen molar-refractivity contribution in [2.75, 3.05) is 18.9 Å². The molecule has 0 heterocycles. The van der Waals surface area contributed by atoms with E-state index in [1.807, 2.05) is 0 Å². The average molecular weight is 314 g/mol. The minimum Gasteiger partial charge on any atom is -0.465 e. The zero-order valence-corrected chi connectivity index (χ0v) is 12.2. The number of carbonyl (C=O) groups excluding carboxylic acids is 1. The summed E-state index contributed by atoms with van der Waals surface area (Å²) in [5.41, 5.74) is 6.99. The number of nitrogens with one attached hydrogen (secondary N) is 1. The first-order valence-corrected chi connectivity index (χ1v) is 5.90. The molecule has 0 amide bonds. The number of esters is 1. The molecule has 1 rings (SSSR count). The lowest BCUT2D eigenvalue weighted by Gasteiger charge is -2.10. The van der Waals surface area contributed by atoms with Gasteiger partial charge in [0.05, 0.1) is 23.2 Å². The van der Waals surface area contributed by atoms with Gasteiger partial charge in [-0.25, -0.2) is 0 Å². The third-order valence-electron chi connectivity index (χ3n) is 2.11. The molecular weight excluding hydrogens is 298 g/mol. The zero-order valence-electron chi connectivity index (χ0n) is 9.83. The summed E-state index contributed by atoms with van der Waals surface area (Å²) in [7, 11) is 0. The van der Waals surface area contributed by atoms with Gasteiger partial charge >= 0.3 is 5.97 Å². The molecule has 0 atom stereocenters. The van der Waals surface area contributed by atoms with E-state index in [1.165, 1.54) is 0 Å². The highest BCUT2D eigenvalue weighted by Gasteiger charge is 2.09. The van der Waals surface area contributed by atoms with Gasteiger partial charge in [0.25, 0.3) is 0 Å². The Kier molecular flexibility index (Phi) is 8.11. The Labute approximate surface area is 122 Å². The van der Waals surface area contributed by atoms with Crippen molar-refractivity contribution in [3.05, 3.63) is 27.7 Å². The molecule has 0 aliphatic heterocycles. The standard InChI is InChI=1S/C11H14Cl2N2O2.ClH/c1-2-17-10(16)6-15-5-7-9(14)4-3-8(12)11(7)13;/h3-4,15H,2,5-6,14H2,1H3;1H. The first-order valence-electron chi connectivity index (χ1n) is 5.15. The second-order valence-corrected chi connectivity index (χ2v) is 4.12. The molecule has 0 radical (unpaired) electrons. The van der Waals surface area contributed by atoms with Crippen molar-refractivity contribution >= 4 is 47.3 Å². The molecule has 0 aromatic heterocycles. The summed E-state index contributed by atoms with van der Waals surface area (Å²) in [4.78, 5) is 11.1. The second kappa shape index (κ2) is 8.43. The number of hydrogen-bond donors (Lipinski definition) is 2. The summed E-state index contributed by atoms with van der Waals surface area (Å²) in [6.07, 6.45) is 0. The lowest BCUT2D eigenvalue weighted by Crippen LogP contribution is -2.24. The third-order valence-corrected chi connectivity index (χ3v) is 2.95. The summed E-state index contributed by atoms with van der Waals surface area (Å²) < 4.78 is 4.77. The molecule has 0 fully saturated rings. The Morgan fingerprint density at radius 3 is 2.72 bits per heavy atom. The lowest BCUT2D eigenvalue weighted by molar-refractivity contribution is -0.142. The van der Waals surface area contributed by atoms with Gasteiger partial charge in [0.2, 0.25) is 0 Å². The highest BCUT2D eigenvalue weighted by molar-refractivity contribution is 6.42. The predicted octanol–water partition coefficient (Wildman–Crippen LogP) is 2.65. The van der Waals surface area contributed by atoms with E-state index in [4.69, 9.17) is 33.7 Å². The number of anilines is 1. The van der Waals surface area contributed by atoms with E-state index in [-0.39, 0.29) is 24.9 Å². The highest BCUT2D eigenvalue weighted by Crippen LogP contribution is 2.29. The van der Waals surface area contributed by atoms with Crippen molar-refractivity contribution in [3.8, 4) is 0 Å². The Morgan fingerprint density at radius 1 is 1.44 bits per heavy atom. The zero-order chi connectivity index (χ0) is 12.8. The van der Waals surface area contributed by atoms with Crippen molar-refractivity contribution in [2.45, 2.75) is 13.5 Å². The van der Waals surface area contributed by atoms with Crippen LogP contribution in [-0.2, 0) is 16.1 Å². The van der Waals surface area contributed by atoms with E-state index in [0.29, 0.717) is 34.4 Å².